The number of hydrogen-bond donors (Lipinski definition) is 0. The molecular weight excluding hydrogens is 150 g/mol. The van der Waals surface area contributed by atoms with Crippen molar-refractivity contribution in [1.29, 1.82) is 5.26 Å². The molecule has 2 heteroatoms. The van der Waals surface area contributed by atoms with Gasteiger partial charge in [0, 0.05) is 11.3 Å². The van der Waals surface area contributed by atoms with Crippen molar-refractivity contribution in [2.24, 2.45) is 0 Å². The largest absolute Gasteiger partial charge is 0.295 e. The lowest BCUT2D eigenvalue weighted by Crippen LogP contribution is -2.08. The predicted octanol–water partition coefficient (Wildman–Crippen LogP) is 0.549. The molecule has 0 amide bonds. The van der Waals surface area contributed by atoms with Crippen LogP contribution in [-0.2, 0) is 5.11 Å². The molecule has 0 aliphatic carbocycles. The van der Waals surface area contributed by atoms with Crippen molar-refractivity contribution in [3.8, 4) is 6.07 Å². The molecule has 2 nitrogen and oxygen atoms in total. The second kappa shape index (κ2) is 3.59. The first-order valence-corrected chi connectivity index (χ1v) is 3.58. The third-order valence-corrected chi connectivity index (χ3v) is 1.55. The molecular formula is C10H8NO. The average Bonchev–Trinajstić information content (AvgIpc) is 2.06. The minimum atomic E-state index is 0.0403. The van der Waals surface area contributed by atoms with Crippen molar-refractivity contribution in [2.45, 2.75) is 6.92 Å². The van der Waals surface area contributed by atoms with E-state index in [1.807, 2.05) is 6.07 Å². The maximum absolute atomic E-state index is 10.8. The van der Waals surface area contributed by atoms with Gasteiger partial charge in [0.25, 0.3) is 0 Å². The third-order valence-electron chi connectivity index (χ3n) is 1.55. The van der Waals surface area contributed by atoms with Gasteiger partial charge in [0.1, 0.15) is 0 Å². The van der Waals surface area contributed by atoms with E-state index in [1.54, 1.807) is 24.3 Å². The van der Waals surface area contributed by atoms with Gasteiger partial charge in [-0.1, -0.05) is 24.3 Å². The highest BCUT2D eigenvalue weighted by Gasteiger charge is 1.85. The van der Waals surface area contributed by atoms with Crippen molar-refractivity contribution in [2.75, 3.05) is 0 Å². The van der Waals surface area contributed by atoms with Gasteiger partial charge in [-0.2, -0.15) is 5.26 Å². The first-order valence-electron chi connectivity index (χ1n) is 3.58. The number of nitriles is 1. The molecule has 0 fully saturated rings. The summed E-state index contributed by atoms with van der Waals surface area (Å²) < 4.78 is 0. The Hall–Kier alpha value is -1.75. The summed E-state index contributed by atoms with van der Waals surface area (Å²) in [7, 11) is 0. The Balaban J connectivity index is 3.30. The Kier molecular flexibility index (Phi) is 2.49. The lowest BCUT2D eigenvalue weighted by molar-refractivity contribution is 0.378. The third kappa shape index (κ3) is 1.86. The van der Waals surface area contributed by atoms with Crippen LogP contribution < -0.4 is 10.4 Å². The van der Waals surface area contributed by atoms with Gasteiger partial charge >= 0.3 is 0 Å². The first-order chi connectivity index (χ1) is 5.74. The van der Waals surface area contributed by atoms with Crippen molar-refractivity contribution in [3.05, 3.63) is 34.7 Å². The molecule has 0 unspecified atom stereocenters. The van der Waals surface area contributed by atoms with Gasteiger partial charge in [-0.25, -0.2) is 0 Å². The van der Waals surface area contributed by atoms with Gasteiger partial charge in [-0.3, -0.25) is 5.11 Å². The van der Waals surface area contributed by atoms with E-state index in [4.69, 9.17) is 5.26 Å². The molecule has 0 atom stereocenters. The molecule has 0 aliphatic heterocycles. The van der Waals surface area contributed by atoms with Gasteiger partial charge in [0.2, 0.25) is 0 Å². The molecule has 59 valence electrons. The summed E-state index contributed by atoms with van der Waals surface area (Å²) in [6.07, 6.45) is 1.43. The van der Waals surface area contributed by atoms with Crippen LogP contribution in [0.3, 0.4) is 0 Å². The van der Waals surface area contributed by atoms with E-state index >= 15 is 0 Å². The summed E-state index contributed by atoms with van der Waals surface area (Å²) in [5.74, 6) is 0.0403. The second-order valence-electron chi connectivity index (χ2n) is 2.45. The summed E-state index contributed by atoms with van der Waals surface area (Å²) in [5.41, 5.74) is 0. The number of rotatable bonds is 0. The molecule has 12 heavy (non-hydrogen) atoms. The minimum absolute atomic E-state index is 0.0403. The zero-order valence-corrected chi connectivity index (χ0v) is 6.74. The quantitative estimate of drug-likeness (QED) is 0.543. The lowest BCUT2D eigenvalue weighted by atomic mass is 10.2. The summed E-state index contributed by atoms with van der Waals surface area (Å²) in [5, 5.41) is 20.7. The summed E-state index contributed by atoms with van der Waals surface area (Å²) in [6, 6.07) is 8.85. The normalized spacial score (nSPS) is 8.67. The van der Waals surface area contributed by atoms with E-state index in [9.17, 15) is 5.11 Å². The van der Waals surface area contributed by atoms with Gasteiger partial charge in [0.05, 0.1) is 6.07 Å². The van der Waals surface area contributed by atoms with Crippen LogP contribution in [0.15, 0.2) is 24.3 Å². The highest BCUT2D eigenvalue weighted by Crippen LogP contribution is 1.80. The predicted molar refractivity (Wildman–Crippen MR) is 45.5 cm³/mol. The molecule has 0 N–H and O–H groups in total. The van der Waals surface area contributed by atoms with Crippen molar-refractivity contribution >= 4 is 11.8 Å². The Bertz CT molecular complexity index is 399. The first kappa shape index (κ1) is 8.35. The molecule has 0 spiro atoms. The van der Waals surface area contributed by atoms with Gasteiger partial charge in [0.15, 0.2) is 5.76 Å². The molecule has 0 aromatic heterocycles. The van der Waals surface area contributed by atoms with Crippen LogP contribution in [0, 0.1) is 11.3 Å². The van der Waals surface area contributed by atoms with Crippen LogP contribution in [0.1, 0.15) is 6.92 Å². The standard InChI is InChI=1S/C10H8NO/c1-8(12)10-4-2-9(3-5-10)6-7-11/h2-6H,1H3. The SMILES string of the molecule is CC([O])=c1ccc(=CC#N)cc1. The smallest absolute Gasteiger partial charge is 0.159 e. The molecule has 1 aromatic rings. The van der Waals surface area contributed by atoms with Gasteiger partial charge < -0.3 is 0 Å². The van der Waals surface area contributed by atoms with Crippen LogP contribution in [0.2, 0.25) is 0 Å². The van der Waals surface area contributed by atoms with Crippen molar-refractivity contribution in [1.82, 2.24) is 0 Å². The van der Waals surface area contributed by atoms with E-state index in [-0.39, 0.29) is 5.76 Å². The lowest BCUT2D eigenvalue weighted by Gasteiger charge is -1.85. The Morgan fingerprint density at radius 3 is 2.42 bits per heavy atom. The fraction of sp³-hybridized carbons (Fsp3) is 0.100. The Labute approximate surface area is 70.7 Å². The molecule has 0 saturated carbocycles. The fourth-order valence-electron chi connectivity index (χ4n) is 0.889. The van der Waals surface area contributed by atoms with Crippen LogP contribution >= 0.6 is 0 Å². The summed E-state index contributed by atoms with van der Waals surface area (Å²) >= 11 is 0. The number of hydrogen-bond acceptors (Lipinski definition) is 1. The highest BCUT2D eigenvalue weighted by molar-refractivity contribution is 5.40. The Morgan fingerprint density at radius 2 is 2.00 bits per heavy atom. The maximum Gasteiger partial charge on any atom is 0.159 e. The fourth-order valence-corrected chi connectivity index (χ4v) is 0.889. The van der Waals surface area contributed by atoms with Crippen LogP contribution in [-0.4, -0.2) is 0 Å². The van der Waals surface area contributed by atoms with Crippen molar-refractivity contribution < 1.29 is 5.11 Å². The molecule has 1 radical (unpaired) electrons. The molecule has 1 rings (SSSR count). The van der Waals surface area contributed by atoms with Crippen molar-refractivity contribution in [3.63, 3.8) is 0 Å². The topological polar surface area (TPSA) is 43.7 Å². The van der Waals surface area contributed by atoms with E-state index in [1.165, 1.54) is 13.0 Å². The van der Waals surface area contributed by atoms with Crippen LogP contribution in [0.5, 0.6) is 0 Å². The average molecular weight is 158 g/mol. The zero-order chi connectivity index (χ0) is 8.97. The van der Waals surface area contributed by atoms with E-state index in [0.29, 0.717) is 5.22 Å². The summed E-state index contributed by atoms with van der Waals surface area (Å²) in [6.45, 7) is 1.52. The second-order valence-corrected chi connectivity index (χ2v) is 2.45. The van der Waals surface area contributed by atoms with E-state index in [2.05, 4.69) is 0 Å². The van der Waals surface area contributed by atoms with Crippen LogP contribution in [0.4, 0.5) is 0 Å². The Morgan fingerprint density at radius 1 is 1.42 bits per heavy atom. The van der Waals surface area contributed by atoms with E-state index < -0.39 is 0 Å². The molecule has 0 heterocycles. The monoisotopic (exact) mass is 158 g/mol. The minimum Gasteiger partial charge on any atom is -0.295 e. The number of nitrogens with zero attached hydrogens (tertiary/aromatic N) is 1. The van der Waals surface area contributed by atoms with Gasteiger partial charge in [-0.15, -0.1) is 0 Å². The molecule has 0 aliphatic rings. The number of benzene rings is 1. The highest BCUT2D eigenvalue weighted by atomic mass is 16.3. The molecule has 0 saturated heterocycles. The van der Waals surface area contributed by atoms with E-state index in [0.717, 1.165) is 5.22 Å². The van der Waals surface area contributed by atoms with Crippen LogP contribution in [0.25, 0.3) is 11.8 Å². The van der Waals surface area contributed by atoms with Gasteiger partial charge in [-0.05, 0) is 12.1 Å². The summed E-state index contributed by atoms with van der Waals surface area (Å²) in [4.78, 5) is 0. The molecule has 0 bridgehead atoms. The maximum atomic E-state index is 10.8. The zero-order valence-electron chi connectivity index (χ0n) is 6.74. The molecule has 1 aromatic carbocycles.